The van der Waals surface area contributed by atoms with Crippen molar-refractivity contribution in [2.45, 2.75) is 6.92 Å². The molecular weight excluding hydrogens is 482 g/mol. The molecule has 4 rings (SSSR count). The maximum Gasteiger partial charge on any atom is 0.252 e. The zero-order chi connectivity index (χ0) is 23.5. The van der Waals surface area contributed by atoms with Crippen molar-refractivity contribution < 1.29 is 14.3 Å². The number of methoxy groups -OCH3 is 1. The Morgan fingerprint density at radius 3 is 2.64 bits per heavy atom. The largest absolute Gasteiger partial charge is 0.496 e. The highest BCUT2D eigenvalue weighted by molar-refractivity contribution is 7.80. The number of amides is 1. The molecule has 1 amide bonds. The normalized spacial score (nSPS) is 10.6. The van der Waals surface area contributed by atoms with E-state index in [1.807, 2.05) is 6.92 Å². The first-order chi connectivity index (χ1) is 15.8. The number of nitrogens with one attached hydrogen (secondary N) is 2. The number of hydrogen-bond acceptors (Lipinski definition) is 7. The van der Waals surface area contributed by atoms with Gasteiger partial charge in [-0.3, -0.25) is 9.78 Å². The molecule has 2 aromatic heterocycles. The van der Waals surface area contributed by atoms with E-state index in [0.29, 0.717) is 49.1 Å². The highest BCUT2D eigenvalue weighted by Gasteiger charge is 2.15. The van der Waals surface area contributed by atoms with Gasteiger partial charge in [0.25, 0.3) is 5.91 Å². The number of rotatable bonds is 6. The number of nitrogens with zero attached hydrogens (tertiary/aromatic N) is 2. The fourth-order valence-electron chi connectivity index (χ4n) is 3.05. The molecule has 0 aliphatic carbocycles. The molecule has 0 aliphatic rings. The van der Waals surface area contributed by atoms with Crippen LogP contribution in [0.5, 0.6) is 17.2 Å². The minimum atomic E-state index is -0.612. The van der Waals surface area contributed by atoms with Gasteiger partial charge >= 0.3 is 0 Å². The van der Waals surface area contributed by atoms with Crippen LogP contribution in [0.3, 0.4) is 0 Å². The van der Waals surface area contributed by atoms with Crippen molar-refractivity contribution in [2.24, 2.45) is 5.73 Å². The molecule has 0 aliphatic heterocycles. The molecule has 4 aromatic rings. The Morgan fingerprint density at radius 1 is 1.15 bits per heavy atom. The molecule has 0 spiro atoms. The minimum absolute atomic E-state index is 0.233. The third-order valence-corrected chi connectivity index (χ3v) is 5.89. The summed E-state index contributed by atoms with van der Waals surface area (Å²) < 4.78 is 11.3. The number of ether oxygens (including phenoxy) is 2. The molecule has 0 radical (unpaired) electrons. The summed E-state index contributed by atoms with van der Waals surface area (Å²) in [5.74, 6) is 0.706. The SMILES string of the molecule is COc1cc2nccc(Oc3ccc(NC(=S)Nc4ncc(C)s4)c(Cl)c3)c2cc1C(N)=O. The maximum absolute atomic E-state index is 11.8. The van der Waals surface area contributed by atoms with Crippen molar-refractivity contribution in [1.82, 2.24) is 9.97 Å². The van der Waals surface area contributed by atoms with Crippen LogP contribution >= 0.6 is 35.2 Å². The quantitative estimate of drug-likeness (QED) is 0.304. The van der Waals surface area contributed by atoms with Gasteiger partial charge in [-0.15, -0.1) is 11.3 Å². The number of carbonyl (C=O) groups is 1. The first-order valence-electron chi connectivity index (χ1n) is 9.58. The van der Waals surface area contributed by atoms with Gasteiger partial charge in [0.15, 0.2) is 10.2 Å². The van der Waals surface area contributed by atoms with Crippen LogP contribution in [0.1, 0.15) is 15.2 Å². The van der Waals surface area contributed by atoms with Crippen LogP contribution in [0.25, 0.3) is 10.9 Å². The number of anilines is 2. The topological polar surface area (TPSA) is 111 Å². The molecule has 8 nitrogen and oxygen atoms in total. The molecule has 0 unspecified atom stereocenters. The molecule has 11 heteroatoms. The number of nitrogens with two attached hydrogens (primary N) is 1. The van der Waals surface area contributed by atoms with Crippen molar-refractivity contribution in [3.8, 4) is 17.2 Å². The van der Waals surface area contributed by atoms with Gasteiger partial charge in [0.2, 0.25) is 0 Å². The number of pyridine rings is 1. The highest BCUT2D eigenvalue weighted by atomic mass is 35.5. The van der Waals surface area contributed by atoms with Gasteiger partial charge in [-0.1, -0.05) is 11.6 Å². The molecule has 33 heavy (non-hydrogen) atoms. The minimum Gasteiger partial charge on any atom is -0.496 e. The molecule has 0 saturated heterocycles. The predicted molar refractivity (Wildman–Crippen MR) is 135 cm³/mol. The Balaban J connectivity index is 1.56. The number of aryl methyl sites for hydroxylation is 1. The average molecular weight is 500 g/mol. The molecule has 4 N–H and O–H groups in total. The van der Waals surface area contributed by atoms with Crippen LogP contribution in [0, 0.1) is 6.92 Å². The molecule has 0 atom stereocenters. The zero-order valence-electron chi connectivity index (χ0n) is 17.5. The third-order valence-electron chi connectivity index (χ3n) is 4.55. The van der Waals surface area contributed by atoms with Gasteiger partial charge in [-0.2, -0.15) is 0 Å². The fraction of sp³-hybridized carbons (Fsp3) is 0.0909. The van der Waals surface area contributed by atoms with E-state index in [4.69, 9.17) is 39.0 Å². The summed E-state index contributed by atoms with van der Waals surface area (Å²) >= 11 is 13.3. The molecule has 2 heterocycles. The van der Waals surface area contributed by atoms with E-state index in [-0.39, 0.29) is 5.56 Å². The summed E-state index contributed by atoms with van der Waals surface area (Å²) in [5, 5.41) is 8.14. The van der Waals surface area contributed by atoms with Crippen molar-refractivity contribution in [3.05, 3.63) is 64.3 Å². The fourth-order valence-corrected chi connectivity index (χ4v) is 4.21. The monoisotopic (exact) mass is 499 g/mol. The second-order valence-corrected chi connectivity index (χ2v) is 8.89. The summed E-state index contributed by atoms with van der Waals surface area (Å²) in [5.41, 5.74) is 6.92. The second-order valence-electron chi connectivity index (χ2n) is 6.84. The van der Waals surface area contributed by atoms with Crippen LogP contribution < -0.4 is 25.8 Å². The maximum atomic E-state index is 11.8. The van der Waals surface area contributed by atoms with Crippen LogP contribution in [-0.4, -0.2) is 28.1 Å². The van der Waals surface area contributed by atoms with Gasteiger partial charge < -0.3 is 25.8 Å². The number of thiocarbonyl (C=S) groups is 1. The Morgan fingerprint density at radius 2 is 1.97 bits per heavy atom. The van der Waals surface area contributed by atoms with E-state index in [0.717, 1.165) is 4.88 Å². The van der Waals surface area contributed by atoms with E-state index in [1.54, 1.807) is 48.8 Å². The van der Waals surface area contributed by atoms with Crippen molar-refractivity contribution in [3.63, 3.8) is 0 Å². The summed E-state index contributed by atoms with van der Waals surface area (Å²) in [6.07, 6.45) is 3.36. The predicted octanol–water partition coefficient (Wildman–Crippen LogP) is 5.36. The number of primary amides is 1. The standard InChI is InChI=1S/C22H18ClN5O3S2/c1-11-10-26-22(33-11)28-21(32)27-16-4-3-12(7-15(16)23)31-18-5-6-25-17-9-19(30-2)14(20(24)29)8-13(17)18/h3-10H,1-2H3,(H2,24,29)(H2,26,27,28,32). The molecule has 0 saturated carbocycles. The summed E-state index contributed by atoms with van der Waals surface area (Å²) in [7, 11) is 1.46. The number of thiazole rings is 1. The van der Waals surface area contributed by atoms with Gasteiger partial charge in [0, 0.05) is 34.8 Å². The number of halogens is 1. The van der Waals surface area contributed by atoms with E-state index in [2.05, 4.69) is 20.6 Å². The van der Waals surface area contributed by atoms with Gasteiger partial charge in [0.1, 0.15) is 17.2 Å². The van der Waals surface area contributed by atoms with Gasteiger partial charge in [0.05, 0.1) is 28.9 Å². The Bertz CT molecular complexity index is 1380. The van der Waals surface area contributed by atoms with Crippen LogP contribution in [0.15, 0.2) is 48.8 Å². The lowest BCUT2D eigenvalue weighted by Crippen LogP contribution is -2.19. The third kappa shape index (κ3) is 5.14. The van der Waals surface area contributed by atoms with E-state index < -0.39 is 5.91 Å². The van der Waals surface area contributed by atoms with Crippen LogP contribution in [0.2, 0.25) is 5.02 Å². The first kappa shape index (κ1) is 22.7. The van der Waals surface area contributed by atoms with E-state index >= 15 is 0 Å². The summed E-state index contributed by atoms with van der Waals surface area (Å²) in [6, 6.07) is 10.1. The highest BCUT2D eigenvalue weighted by Crippen LogP contribution is 2.35. The number of aromatic nitrogens is 2. The Hall–Kier alpha value is -3.47. The van der Waals surface area contributed by atoms with Crippen molar-refractivity contribution >= 4 is 67.9 Å². The smallest absolute Gasteiger partial charge is 0.252 e. The van der Waals surface area contributed by atoms with Crippen molar-refractivity contribution in [1.29, 1.82) is 0 Å². The molecule has 0 bridgehead atoms. The lowest BCUT2D eigenvalue weighted by Gasteiger charge is -2.14. The van der Waals surface area contributed by atoms with Crippen molar-refractivity contribution in [2.75, 3.05) is 17.7 Å². The summed E-state index contributed by atoms with van der Waals surface area (Å²) in [4.78, 5) is 21.4. The Labute approximate surface area is 203 Å². The van der Waals surface area contributed by atoms with Crippen LogP contribution in [0.4, 0.5) is 10.8 Å². The van der Waals surface area contributed by atoms with Gasteiger partial charge in [-0.05, 0) is 43.4 Å². The average Bonchev–Trinajstić information content (AvgIpc) is 3.19. The Kier molecular flexibility index (Phi) is 6.59. The van der Waals surface area contributed by atoms with Crippen LogP contribution in [-0.2, 0) is 0 Å². The number of carbonyl (C=O) groups excluding carboxylic acids is 1. The van der Waals surface area contributed by atoms with E-state index in [1.165, 1.54) is 18.4 Å². The molecule has 0 fully saturated rings. The molecular formula is C22H18ClN5O3S2. The first-order valence-corrected chi connectivity index (χ1v) is 11.2. The number of benzene rings is 2. The molecule has 168 valence electrons. The lowest BCUT2D eigenvalue weighted by atomic mass is 10.1. The van der Waals surface area contributed by atoms with E-state index in [9.17, 15) is 4.79 Å². The lowest BCUT2D eigenvalue weighted by molar-refractivity contribution is 0.0997. The number of hydrogen-bond donors (Lipinski definition) is 3. The zero-order valence-corrected chi connectivity index (χ0v) is 19.9. The van der Waals surface area contributed by atoms with Gasteiger partial charge in [-0.25, -0.2) is 4.98 Å². The second kappa shape index (κ2) is 9.57. The summed E-state index contributed by atoms with van der Waals surface area (Å²) in [6.45, 7) is 1.96. The molecule has 2 aromatic carbocycles. The number of fused-ring (bicyclic) bond motifs is 1.